The Morgan fingerprint density at radius 1 is 0.909 bits per heavy atom. The summed E-state index contributed by atoms with van der Waals surface area (Å²) >= 11 is 0. The minimum absolute atomic E-state index is 0.0307. The average molecular weight is 598 g/mol. The number of phenolic OH excluding ortho intramolecular Hbond substituents is 1. The van der Waals surface area contributed by atoms with E-state index in [0.717, 1.165) is 41.0 Å². The van der Waals surface area contributed by atoms with Crippen molar-refractivity contribution in [1.82, 2.24) is 4.90 Å². The van der Waals surface area contributed by atoms with E-state index in [4.69, 9.17) is 0 Å². The fourth-order valence-corrected chi connectivity index (χ4v) is 7.08. The van der Waals surface area contributed by atoms with Crippen LogP contribution in [-0.2, 0) is 6.42 Å². The minimum Gasteiger partial charge on any atom is -0.507 e. The molecular weight excluding hydrogens is 559 g/mol. The molecule has 1 aliphatic carbocycles. The number of anilines is 2. The maximum Gasteiger partial charge on any atom is 0.133 e. The molecule has 4 aromatic rings. The van der Waals surface area contributed by atoms with E-state index >= 15 is 8.78 Å². The van der Waals surface area contributed by atoms with Gasteiger partial charge in [0.15, 0.2) is 0 Å². The van der Waals surface area contributed by atoms with Crippen LogP contribution in [0.25, 0.3) is 11.1 Å². The van der Waals surface area contributed by atoms with Gasteiger partial charge in [0.1, 0.15) is 17.4 Å². The molecule has 4 aromatic carbocycles. The van der Waals surface area contributed by atoms with Gasteiger partial charge in [-0.3, -0.25) is 9.29 Å². The Kier molecular flexibility index (Phi) is 7.75. The molecule has 0 bridgehead atoms. The van der Waals surface area contributed by atoms with Crippen LogP contribution >= 0.6 is 0 Å². The van der Waals surface area contributed by atoms with Gasteiger partial charge >= 0.3 is 0 Å². The van der Waals surface area contributed by atoms with Gasteiger partial charge < -0.3 is 15.3 Å². The normalized spacial score (nSPS) is 20.3. The molecule has 7 rings (SSSR count). The summed E-state index contributed by atoms with van der Waals surface area (Å²) in [6.45, 7) is 3.91. The quantitative estimate of drug-likeness (QED) is 0.204. The number of para-hydroxylation sites is 1. The van der Waals surface area contributed by atoms with Crippen LogP contribution in [0.1, 0.15) is 60.4 Å². The van der Waals surface area contributed by atoms with Crippen molar-refractivity contribution in [2.75, 3.05) is 36.5 Å². The molecule has 3 aliphatic rings. The number of nitrogens with zero attached hydrogens (tertiary/aromatic N) is 2. The largest absolute Gasteiger partial charge is 0.507 e. The molecule has 0 unspecified atom stereocenters. The predicted molar refractivity (Wildman–Crippen MR) is 170 cm³/mol. The summed E-state index contributed by atoms with van der Waals surface area (Å²) in [4.78, 5) is 4.29. The SMILES string of the molecule is C[C@@H]1Cc2cc(-c3ccccc3O)ccc2[C@@H](c2c(F)cc(NC3CN(CCCF)C3)cc2F)N1c1ccc(C2CC2)cc1. The number of hydrogen-bond acceptors (Lipinski definition) is 4. The van der Waals surface area contributed by atoms with Crippen molar-refractivity contribution in [3.63, 3.8) is 0 Å². The third-order valence-corrected chi connectivity index (χ3v) is 9.45. The Morgan fingerprint density at radius 2 is 1.64 bits per heavy atom. The van der Waals surface area contributed by atoms with Crippen molar-refractivity contribution >= 4 is 11.4 Å². The molecular formula is C37H38F3N3O. The van der Waals surface area contributed by atoms with E-state index in [2.05, 4.69) is 52.4 Å². The number of phenols is 1. The third kappa shape index (κ3) is 5.54. The fourth-order valence-electron chi connectivity index (χ4n) is 7.08. The molecule has 0 aromatic heterocycles. The molecule has 2 heterocycles. The Labute approximate surface area is 257 Å². The van der Waals surface area contributed by atoms with Gasteiger partial charge in [-0.1, -0.05) is 48.5 Å². The van der Waals surface area contributed by atoms with E-state index < -0.39 is 17.7 Å². The van der Waals surface area contributed by atoms with E-state index in [1.165, 1.54) is 30.5 Å². The highest BCUT2D eigenvalue weighted by atomic mass is 19.1. The zero-order chi connectivity index (χ0) is 30.4. The summed E-state index contributed by atoms with van der Waals surface area (Å²) in [5.41, 5.74) is 6.16. The van der Waals surface area contributed by atoms with Crippen molar-refractivity contribution in [1.29, 1.82) is 0 Å². The number of benzene rings is 4. The second-order valence-corrected chi connectivity index (χ2v) is 12.7. The molecule has 228 valence electrons. The van der Waals surface area contributed by atoms with Crippen LogP contribution in [0, 0.1) is 11.6 Å². The molecule has 7 heteroatoms. The number of rotatable bonds is 9. The maximum absolute atomic E-state index is 16.2. The van der Waals surface area contributed by atoms with E-state index in [1.807, 2.05) is 24.3 Å². The van der Waals surface area contributed by atoms with Gasteiger partial charge in [-0.2, -0.15) is 0 Å². The first kappa shape index (κ1) is 28.8. The van der Waals surface area contributed by atoms with Crippen molar-refractivity contribution < 1.29 is 18.3 Å². The van der Waals surface area contributed by atoms with Crippen molar-refractivity contribution in [2.24, 2.45) is 0 Å². The summed E-state index contributed by atoms with van der Waals surface area (Å²) in [6.07, 6.45) is 3.62. The molecule has 0 radical (unpaired) electrons. The molecule has 1 saturated heterocycles. The fraction of sp³-hybridized carbons (Fsp3) is 0.351. The number of alkyl halides is 1. The van der Waals surface area contributed by atoms with E-state index in [9.17, 15) is 9.50 Å². The predicted octanol–water partition coefficient (Wildman–Crippen LogP) is 8.21. The van der Waals surface area contributed by atoms with Crippen LogP contribution in [0.2, 0.25) is 0 Å². The number of nitrogens with one attached hydrogen (secondary N) is 1. The Hall–Kier alpha value is -3.97. The summed E-state index contributed by atoms with van der Waals surface area (Å²) in [7, 11) is 0. The van der Waals surface area contributed by atoms with Gasteiger partial charge in [-0.25, -0.2) is 8.78 Å². The van der Waals surface area contributed by atoms with Crippen molar-refractivity contribution in [3.05, 3.63) is 113 Å². The summed E-state index contributed by atoms with van der Waals surface area (Å²) < 4.78 is 44.9. The smallest absolute Gasteiger partial charge is 0.133 e. The average Bonchev–Trinajstić information content (AvgIpc) is 3.84. The Balaban J connectivity index is 1.26. The minimum atomic E-state index is -0.673. The standard InChI is InChI=1S/C37H38F3N3O/c1-23-17-27-18-26(31-5-2-3-6-35(31)44)11-14-32(27)37(43(23)30-12-9-25(10-13-30)24-7-8-24)36-33(39)19-28(20-34(36)40)41-29-21-42(22-29)16-4-15-38/h2-3,5-6,9-14,18-20,23-24,29,37,41,44H,4,7-8,15-17,21-22H2,1H3/t23-,37+/m1/s1. The molecule has 4 nitrogen and oxygen atoms in total. The van der Waals surface area contributed by atoms with Gasteiger partial charge in [-0.15, -0.1) is 0 Å². The maximum atomic E-state index is 16.2. The van der Waals surface area contributed by atoms with Crippen LogP contribution in [-0.4, -0.2) is 48.4 Å². The van der Waals surface area contributed by atoms with Gasteiger partial charge in [0.05, 0.1) is 24.3 Å². The first-order valence-corrected chi connectivity index (χ1v) is 15.7. The van der Waals surface area contributed by atoms with Crippen LogP contribution in [0.15, 0.2) is 78.9 Å². The van der Waals surface area contributed by atoms with Crippen LogP contribution in [0.3, 0.4) is 0 Å². The first-order valence-electron chi connectivity index (χ1n) is 15.7. The second-order valence-electron chi connectivity index (χ2n) is 12.7. The van der Waals surface area contributed by atoms with Gasteiger partial charge in [-0.05, 0) is 91.1 Å². The number of fused-ring (bicyclic) bond motifs is 1. The molecule has 44 heavy (non-hydrogen) atoms. The van der Waals surface area contributed by atoms with Crippen LogP contribution in [0.4, 0.5) is 24.5 Å². The highest BCUT2D eigenvalue weighted by molar-refractivity contribution is 5.72. The lowest BCUT2D eigenvalue weighted by molar-refractivity contribution is 0.155. The number of likely N-dealkylation sites (tertiary alicyclic amines) is 1. The summed E-state index contributed by atoms with van der Waals surface area (Å²) in [6, 6.07) is 23.8. The van der Waals surface area contributed by atoms with E-state index in [1.54, 1.807) is 12.1 Å². The summed E-state index contributed by atoms with van der Waals surface area (Å²) in [5.74, 6) is -0.359. The molecule has 1 saturated carbocycles. The molecule has 0 spiro atoms. The van der Waals surface area contributed by atoms with Crippen molar-refractivity contribution in [2.45, 2.75) is 56.7 Å². The molecule has 0 amide bonds. The second kappa shape index (κ2) is 11.8. The first-order chi connectivity index (χ1) is 21.4. The zero-order valence-electron chi connectivity index (χ0n) is 24.9. The van der Waals surface area contributed by atoms with Crippen LogP contribution < -0.4 is 10.2 Å². The van der Waals surface area contributed by atoms with Crippen molar-refractivity contribution in [3.8, 4) is 16.9 Å². The third-order valence-electron chi connectivity index (χ3n) is 9.45. The lowest BCUT2D eigenvalue weighted by Crippen LogP contribution is -2.54. The van der Waals surface area contributed by atoms with Crippen LogP contribution in [0.5, 0.6) is 5.75 Å². The topological polar surface area (TPSA) is 38.7 Å². The number of aromatic hydroxyl groups is 1. The van der Waals surface area contributed by atoms with E-state index in [-0.39, 0.29) is 30.1 Å². The van der Waals surface area contributed by atoms with Gasteiger partial charge in [0, 0.05) is 42.6 Å². The summed E-state index contributed by atoms with van der Waals surface area (Å²) in [5, 5.41) is 13.8. The monoisotopic (exact) mass is 597 g/mol. The Morgan fingerprint density at radius 3 is 2.32 bits per heavy atom. The lowest BCUT2D eigenvalue weighted by atomic mass is 9.82. The zero-order valence-corrected chi connectivity index (χ0v) is 24.9. The molecule has 2 N–H and O–H groups in total. The number of halogens is 3. The lowest BCUT2D eigenvalue weighted by Gasteiger charge is -2.44. The van der Waals surface area contributed by atoms with E-state index in [0.29, 0.717) is 31.0 Å². The van der Waals surface area contributed by atoms with Gasteiger partial charge in [0.25, 0.3) is 0 Å². The number of hydrogen-bond donors (Lipinski definition) is 2. The molecule has 2 fully saturated rings. The molecule has 2 atom stereocenters. The Bertz CT molecular complexity index is 1630. The highest BCUT2D eigenvalue weighted by Crippen LogP contribution is 2.46. The van der Waals surface area contributed by atoms with Gasteiger partial charge in [0.2, 0.25) is 0 Å². The molecule has 2 aliphatic heterocycles. The highest BCUT2D eigenvalue weighted by Gasteiger charge is 2.38.